The van der Waals surface area contributed by atoms with Gasteiger partial charge in [0, 0.05) is 24.7 Å². The minimum Gasteiger partial charge on any atom is -0.490 e. The molecule has 0 atom stereocenters. The summed E-state index contributed by atoms with van der Waals surface area (Å²) in [5.41, 5.74) is 1.81. The number of ether oxygens (including phenoxy) is 2. The van der Waals surface area contributed by atoms with Gasteiger partial charge in [0.1, 0.15) is 0 Å². The average molecular weight is 323 g/mol. The Morgan fingerprint density at radius 1 is 1.08 bits per heavy atom. The molecule has 1 aliphatic rings. The van der Waals surface area contributed by atoms with Gasteiger partial charge >= 0.3 is 0 Å². The third kappa shape index (κ3) is 3.77. The summed E-state index contributed by atoms with van der Waals surface area (Å²) in [5, 5.41) is 0. The highest BCUT2D eigenvalue weighted by molar-refractivity contribution is 6.03. The van der Waals surface area contributed by atoms with E-state index in [1.807, 2.05) is 61.5 Å². The lowest BCUT2D eigenvalue weighted by atomic mass is 10.2. The molecule has 1 amide bonds. The van der Waals surface area contributed by atoms with Crippen molar-refractivity contribution in [1.29, 1.82) is 0 Å². The van der Waals surface area contributed by atoms with E-state index in [1.165, 1.54) is 0 Å². The van der Waals surface area contributed by atoms with Crippen molar-refractivity contribution in [2.45, 2.75) is 13.3 Å². The van der Waals surface area contributed by atoms with E-state index < -0.39 is 0 Å². The molecule has 0 aromatic heterocycles. The largest absolute Gasteiger partial charge is 0.490 e. The smallest absolute Gasteiger partial charge is 0.250 e. The summed E-state index contributed by atoms with van der Waals surface area (Å²) in [5.74, 6) is 1.45. The monoisotopic (exact) mass is 323 g/mol. The van der Waals surface area contributed by atoms with Gasteiger partial charge in [-0.15, -0.1) is 0 Å². The minimum atomic E-state index is -0.0455. The number of benzene rings is 2. The first kappa shape index (κ1) is 16.1. The Hall–Kier alpha value is -2.75. The highest BCUT2D eigenvalue weighted by Crippen LogP contribution is 2.30. The Balaban J connectivity index is 1.75. The van der Waals surface area contributed by atoms with Gasteiger partial charge in [-0.2, -0.15) is 0 Å². The number of carbonyl (C=O) groups is 1. The molecule has 0 saturated carbocycles. The van der Waals surface area contributed by atoms with E-state index >= 15 is 0 Å². The van der Waals surface area contributed by atoms with Gasteiger partial charge in [0.2, 0.25) is 0 Å². The van der Waals surface area contributed by atoms with Crippen molar-refractivity contribution < 1.29 is 14.3 Å². The summed E-state index contributed by atoms with van der Waals surface area (Å²) in [6.45, 7) is 3.90. The molecule has 0 fully saturated rings. The van der Waals surface area contributed by atoms with Crippen LogP contribution in [0.4, 0.5) is 5.69 Å². The minimum absolute atomic E-state index is 0.0455. The average Bonchev–Trinajstić information content (AvgIpc) is 2.86. The number of nitrogens with zero attached hydrogens (tertiary/aromatic N) is 1. The maximum Gasteiger partial charge on any atom is 0.250 e. The fraction of sp³-hybridized carbons (Fsp3) is 0.250. The number of rotatable bonds is 4. The zero-order valence-electron chi connectivity index (χ0n) is 13.8. The van der Waals surface area contributed by atoms with Crippen LogP contribution in [-0.4, -0.2) is 25.7 Å². The number of amides is 1. The molecule has 24 heavy (non-hydrogen) atoms. The van der Waals surface area contributed by atoms with Crippen molar-refractivity contribution in [3.8, 4) is 11.5 Å². The number of para-hydroxylation sites is 1. The second-order valence-electron chi connectivity index (χ2n) is 5.51. The summed E-state index contributed by atoms with van der Waals surface area (Å²) in [7, 11) is 0. The van der Waals surface area contributed by atoms with Crippen molar-refractivity contribution in [1.82, 2.24) is 0 Å². The predicted octanol–water partition coefficient (Wildman–Crippen LogP) is 3.91. The SMILES string of the molecule is CCN(C(=O)C=Cc1ccc2c(c1)OCCCO2)c1ccccc1. The molecule has 0 unspecified atom stereocenters. The van der Waals surface area contributed by atoms with E-state index in [0.29, 0.717) is 19.8 Å². The number of likely N-dealkylation sites (N-methyl/N-ethyl adjacent to an activating group) is 1. The fourth-order valence-electron chi connectivity index (χ4n) is 2.61. The van der Waals surface area contributed by atoms with Crippen molar-refractivity contribution in [2.24, 2.45) is 0 Å². The van der Waals surface area contributed by atoms with Gasteiger partial charge in [-0.05, 0) is 42.8 Å². The molecule has 2 aromatic carbocycles. The van der Waals surface area contributed by atoms with Crippen molar-refractivity contribution in [2.75, 3.05) is 24.7 Å². The second-order valence-corrected chi connectivity index (χ2v) is 5.51. The van der Waals surface area contributed by atoms with Crippen molar-refractivity contribution in [3.63, 3.8) is 0 Å². The maximum atomic E-state index is 12.5. The second kappa shape index (κ2) is 7.68. The standard InChI is InChI=1S/C20H21NO3/c1-2-21(17-7-4-3-5-8-17)20(22)12-10-16-9-11-18-19(15-16)24-14-6-13-23-18/h3-5,7-12,15H,2,6,13-14H2,1H3. The van der Waals surface area contributed by atoms with Crippen LogP contribution >= 0.6 is 0 Å². The first-order valence-corrected chi connectivity index (χ1v) is 8.22. The van der Waals surface area contributed by atoms with Gasteiger partial charge in [0.15, 0.2) is 11.5 Å². The molecular weight excluding hydrogens is 302 g/mol. The lowest BCUT2D eigenvalue weighted by Crippen LogP contribution is -2.28. The number of anilines is 1. The summed E-state index contributed by atoms with van der Waals surface area (Å²) >= 11 is 0. The summed E-state index contributed by atoms with van der Waals surface area (Å²) in [6.07, 6.45) is 4.28. The molecule has 4 heteroatoms. The molecule has 0 N–H and O–H groups in total. The molecule has 3 rings (SSSR count). The molecule has 0 spiro atoms. The highest BCUT2D eigenvalue weighted by atomic mass is 16.5. The van der Waals surface area contributed by atoms with Gasteiger partial charge in [-0.1, -0.05) is 24.3 Å². The van der Waals surface area contributed by atoms with E-state index in [4.69, 9.17) is 9.47 Å². The summed E-state index contributed by atoms with van der Waals surface area (Å²) < 4.78 is 11.3. The normalized spacial score (nSPS) is 13.5. The first-order valence-electron chi connectivity index (χ1n) is 8.22. The Bertz CT molecular complexity index is 725. The highest BCUT2D eigenvalue weighted by Gasteiger charge is 2.12. The Morgan fingerprint density at radius 3 is 2.58 bits per heavy atom. The van der Waals surface area contributed by atoms with Crippen LogP contribution in [0.1, 0.15) is 18.9 Å². The zero-order valence-corrected chi connectivity index (χ0v) is 13.8. The van der Waals surface area contributed by atoms with Crippen molar-refractivity contribution >= 4 is 17.7 Å². The lowest BCUT2D eigenvalue weighted by Gasteiger charge is -2.19. The summed E-state index contributed by atoms with van der Waals surface area (Å²) in [4.78, 5) is 14.2. The van der Waals surface area contributed by atoms with Gasteiger partial charge in [-0.3, -0.25) is 4.79 Å². The number of carbonyl (C=O) groups excluding carboxylic acids is 1. The Labute approximate surface area is 142 Å². The van der Waals surface area contributed by atoms with Crippen molar-refractivity contribution in [3.05, 3.63) is 60.2 Å². The molecule has 0 bridgehead atoms. The topological polar surface area (TPSA) is 38.8 Å². The molecule has 0 saturated heterocycles. The van der Waals surface area contributed by atoms with Gasteiger partial charge in [0.25, 0.3) is 5.91 Å². The van der Waals surface area contributed by atoms with Gasteiger partial charge in [-0.25, -0.2) is 0 Å². The third-order valence-corrected chi connectivity index (χ3v) is 3.84. The quantitative estimate of drug-likeness (QED) is 0.801. The van der Waals surface area contributed by atoms with Crippen LogP contribution in [0.2, 0.25) is 0 Å². The fourth-order valence-corrected chi connectivity index (χ4v) is 2.61. The van der Waals surface area contributed by atoms with Crippen LogP contribution in [0.3, 0.4) is 0 Å². The van der Waals surface area contributed by atoms with E-state index in [2.05, 4.69) is 0 Å². The first-order chi connectivity index (χ1) is 11.8. The summed E-state index contributed by atoms with van der Waals surface area (Å²) in [6, 6.07) is 15.4. The predicted molar refractivity (Wildman–Crippen MR) is 95.6 cm³/mol. The van der Waals surface area contributed by atoms with Crippen LogP contribution in [-0.2, 0) is 4.79 Å². The number of hydrogen-bond acceptors (Lipinski definition) is 3. The molecule has 4 nitrogen and oxygen atoms in total. The van der Waals surface area contributed by atoms with E-state index in [1.54, 1.807) is 11.0 Å². The van der Waals surface area contributed by atoms with E-state index in [0.717, 1.165) is 29.2 Å². The van der Waals surface area contributed by atoms with E-state index in [9.17, 15) is 4.79 Å². The Morgan fingerprint density at radius 2 is 1.83 bits per heavy atom. The van der Waals surface area contributed by atoms with Gasteiger partial charge in [0.05, 0.1) is 13.2 Å². The van der Waals surface area contributed by atoms with Gasteiger partial charge < -0.3 is 14.4 Å². The maximum absolute atomic E-state index is 12.5. The molecule has 2 aromatic rings. The Kier molecular flexibility index (Phi) is 5.16. The molecule has 124 valence electrons. The molecular formula is C20H21NO3. The van der Waals surface area contributed by atoms with E-state index in [-0.39, 0.29) is 5.91 Å². The van der Waals surface area contributed by atoms with Crippen LogP contribution < -0.4 is 14.4 Å². The van der Waals surface area contributed by atoms with Crippen LogP contribution in [0.25, 0.3) is 6.08 Å². The molecule has 1 aliphatic heterocycles. The molecule has 0 aliphatic carbocycles. The third-order valence-electron chi connectivity index (χ3n) is 3.84. The van der Waals surface area contributed by atoms with Crippen LogP contribution in [0.5, 0.6) is 11.5 Å². The van der Waals surface area contributed by atoms with Crippen LogP contribution in [0, 0.1) is 0 Å². The molecule has 1 heterocycles. The number of fused-ring (bicyclic) bond motifs is 1. The zero-order chi connectivity index (χ0) is 16.8. The number of hydrogen-bond donors (Lipinski definition) is 0. The van der Waals surface area contributed by atoms with Crippen LogP contribution in [0.15, 0.2) is 54.6 Å². The lowest BCUT2D eigenvalue weighted by molar-refractivity contribution is -0.114. The molecule has 0 radical (unpaired) electrons.